The van der Waals surface area contributed by atoms with Gasteiger partial charge in [-0.2, -0.15) is 18.4 Å². The summed E-state index contributed by atoms with van der Waals surface area (Å²) in [4.78, 5) is 25.7. The number of amides is 2. The molecule has 0 atom stereocenters. The number of alkyl halides is 3. The number of benzene rings is 2. The molecule has 0 aliphatic carbocycles. The average Bonchev–Trinajstić information content (AvgIpc) is 3.00. The normalized spacial score (nSPS) is 14.1. The molecular formula is C19H11F5N4O2S. The van der Waals surface area contributed by atoms with E-state index in [0.29, 0.717) is 4.90 Å². The summed E-state index contributed by atoms with van der Waals surface area (Å²) >= 11 is 5.13. The Labute approximate surface area is 177 Å². The van der Waals surface area contributed by atoms with E-state index in [1.165, 1.54) is 19.2 Å². The van der Waals surface area contributed by atoms with Crippen LogP contribution in [0.1, 0.15) is 21.5 Å². The van der Waals surface area contributed by atoms with E-state index in [-0.39, 0.29) is 11.3 Å². The lowest BCUT2D eigenvalue weighted by atomic mass is 10.1. The first-order valence-corrected chi connectivity index (χ1v) is 8.88. The van der Waals surface area contributed by atoms with E-state index >= 15 is 0 Å². The predicted molar refractivity (Wildman–Crippen MR) is 103 cm³/mol. The first-order chi connectivity index (χ1) is 14.5. The number of hydrogen-bond donors (Lipinski definition) is 1. The summed E-state index contributed by atoms with van der Waals surface area (Å²) in [5.74, 6) is -4.30. The van der Waals surface area contributed by atoms with Crippen LogP contribution in [0.5, 0.6) is 0 Å². The number of carbonyl (C=O) groups excluding carboxylic acids is 2. The molecule has 0 bridgehead atoms. The molecule has 1 N–H and O–H groups in total. The van der Waals surface area contributed by atoms with Crippen molar-refractivity contribution in [2.75, 3.05) is 23.4 Å². The molecular weight excluding hydrogens is 443 g/mol. The van der Waals surface area contributed by atoms with E-state index in [0.717, 1.165) is 29.2 Å². The Hall–Kier alpha value is -3.59. The fraction of sp³-hybridized carbons (Fsp3) is 0.158. The van der Waals surface area contributed by atoms with Gasteiger partial charge in [-0.3, -0.25) is 14.5 Å². The number of nitrogens with zero attached hydrogens (tertiary/aromatic N) is 3. The van der Waals surface area contributed by atoms with Gasteiger partial charge in [-0.25, -0.2) is 8.78 Å². The zero-order chi connectivity index (χ0) is 23.1. The Morgan fingerprint density at radius 3 is 2.45 bits per heavy atom. The third-order valence-corrected chi connectivity index (χ3v) is 4.87. The van der Waals surface area contributed by atoms with Crippen molar-refractivity contribution in [1.29, 1.82) is 5.26 Å². The summed E-state index contributed by atoms with van der Waals surface area (Å²) in [6.45, 7) is -0.502. The molecule has 2 amide bonds. The lowest BCUT2D eigenvalue weighted by Crippen LogP contribution is -2.34. The Bertz CT molecular complexity index is 1160. The number of hydrogen-bond acceptors (Lipinski definition) is 4. The zero-order valence-corrected chi connectivity index (χ0v) is 16.4. The molecule has 12 heteroatoms. The summed E-state index contributed by atoms with van der Waals surface area (Å²) in [5, 5.41) is 10.7. The highest BCUT2D eigenvalue weighted by atomic mass is 32.1. The quantitative estimate of drug-likeness (QED) is 0.569. The van der Waals surface area contributed by atoms with Crippen molar-refractivity contribution in [3.8, 4) is 6.07 Å². The Balaban J connectivity index is 2.03. The van der Waals surface area contributed by atoms with Crippen LogP contribution in [0.3, 0.4) is 0 Å². The minimum Gasteiger partial charge on any atom is -0.355 e. The van der Waals surface area contributed by atoms with Crippen molar-refractivity contribution in [2.24, 2.45) is 0 Å². The van der Waals surface area contributed by atoms with Gasteiger partial charge in [-0.05, 0) is 42.5 Å². The fourth-order valence-corrected chi connectivity index (χ4v) is 3.41. The Morgan fingerprint density at radius 1 is 1.23 bits per heavy atom. The maximum absolute atomic E-state index is 14.7. The fourth-order valence-electron chi connectivity index (χ4n) is 3.04. The van der Waals surface area contributed by atoms with Gasteiger partial charge in [0, 0.05) is 12.7 Å². The van der Waals surface area contributed by atoms with Crippen molar-refractivity contribution in [1.82, 2.24) is 5.32 Å². The molecule has 0 radical (unpaired) electrons. The topological polar surface area (TPSA) is 76.4 Å². The van der Waals surface area contributed by atoms with E-state index in [1.807, 2.05) is 0 Å². The molecule has 2 aromatic rings. The number of nitriles is 1. The monoisotopic (exact) mass is 454 g/mol. The van der Waals surface area contributed by atoms with E-state index in [9.17, 15) is 31.5 Å². The third-order valence-electron chi connectivity index (χ3n) is 4.47. The second kappa shape index (κ2) is 7.92. The molecule has 1 aliphatic rings. The minimum absolute atomic E-state index is 0.0381. The van der Waals surface area contributed by atoms with Crippen LogP contribution in [0, 0.1) is 23.0 Å². The van der Waals surface area contributed by atoms with Crippen LogP contribution in [0.2, 0.25) is 0 Å². The molecule has 0 aromatic heterocycles. The maximum Gasteiger partial charge on any atom is 0.420 e. The van der Waals surface area contributed by atoms with Crippen molar-refractivity contribution in [3.63, 3.8) is 0 Å². The molecule has 1 heterocycles. The van der Waals surface area contributed by atoms with Crippen molar-refractivity contribution in [2.45, 2.75) is 6.18 Å². The van der Waals surface area contributed by atoms with Crippen LogP contribution in [-0.4, -0.2) is 30.5 Å². The lowest BCUT2D eigenvalue weighted by molar-refractivity contribution is -0.140. The van der Waals surface area contributed by atoms with Gasteiger partial charge in [0.2, 0.25) is 0 Å². The van der Waals surface area contributed by atoms with Crippen molar-refractivity contribution < 1.29 is 31.5 Å². The lowest BCUT2D eigenvalue weighted by Gasteiger charge is -2.22. The highest BCUT2D eigenvalue weighted by Crippen LogP contribution is 2.39. The molecule has 1 saturated heterocycles. The Kier molecular flexibility index (Phi) is 5.64. The van der Waals surface area contributed by atoms with Crippen molar-refractivity contribution >= 4 is 40.5 Å². The highest BCUT2D eigenvalue weighted by molar-refractivity contribution is 7.81. The van der Waals surface area contributed by atoms with Gasteiger partial charge in [0.25, 0.3) is 11.8 Å². The molecule has 160 valence electrons. The Morgan fingerprint density at radius 2 is 1.90 bits per heavy atom. The van der Waals surface area contributed by atoms with E-state index in [1.54, 1.807) is 0 Å². The number of halogens is 5. The van der Waals surface area contributed by atoms with Crippen LogP contribution in [-0.2, 0) is 11.0 Å². The van der Waals surface area contributed by atoms with E-state index in [4.69, 9.17) is 17.5 Å². The van der Waals surface area contributed by atoms with Crippen LogP contribution in [0.15, 0.2) is 30.3 Å². The second-order valence-electron chi connectivity index (χ2n) is 6.27. The van der Waals surface area contributed by atoms with E-state index < -0.39 is 58.1 Å². The van der Waals surface area contributed by atoms with Crippen molar-refractivity contribution in [3.05, 3.63) is 58.7 Å². The molecule has 31 heavy (non-hydrogen) atoms. The smallest absolute Gasteiger partial charge is 0.355 e. The first kappa shape index (κ1) is 22.1. The summed E-state index contributed by atoms with van der Waals surface area (Å²) in [5.41, 5.74) is -3.78. The van der Waals surface area contributed by atoms with Gasteiger partial charge in [-0.15, -0.1) is 0 Å². The molecule has 1 fully saturated rings. The highest BCUT2D eigenvalue weighted by Gasteiger charge is 2.42. The summed E-state index contributed by atoms with van der Waals surface area (Å²) in [6.07, 6.45) is -5.19. The second-order valence-corrected chi connectivity index (χ2v) is 6.64. The van der Waals surface area contributed by atoms with Crippen LogP contribution in [0.4, 0.5) is 33.3 Å². The van der Waals surface area contributed by atoms with Crippen LogP contribution >= 0.6 is 12.2 Å². The SMILES string of the molecule is CNC(=O)c1ccc(N2CC(=O)N(c3ccc(C#N)c(C(F)(F)F)c3F)C2=S)cc1F. The van der Waals surface area contributed by atoms with Gasteiger partial charge in [-0.1, -0.05) is 0 Å². The standard InChI is InChI=1S/C19H11F5N4O2S/c1-26-17(30)11-4-3-10(6-12(11)20)27-8-14(29)28(18(27)31)13-5-2-9(7-25)15(16(13)21)19(22,23)24/h2-6H,8H2,1H3,(H,26,30). The van der Waals surface area contributed by atoms with Crippen LogP contribution < -0.4 is 15.1 Å². The van der Waals surface area contributed by atoms with E-state index in [2.05, 4.69) is 5.32 Å². The molecule has 2 aromatic carbocycles. The average molecular weight is 454 g/mol. The summed E-state index contributed by atoms with van der Waals surface area (Å²) in [7, 11) is 1.31. The summed E-state index contributed by atoms with van der Waals surface area (Å²) in [6, 6.07) is 6.18. The van der Waals surface area contributed by atoms with Gasteiger partial charge in [0.05, 0.1) is 22.9 Å². The largest absolute Gasteiger partial charge is 0.420 e. The molecule has 0 unspecified atom stereocenters. The first-order valence-electron chi connectivity index (χ1n) is 8.47. The minimum atomic E-state index is -5.19. The number of anilines is 2. The molecule has 0 saturated carbocycles. The van der Waals surface area contributed by atoms with Gasteiger partial charge in [0.15, 0.2) is 10.9 Å². The number of nitrogens with one attached hydrogen (secondary N) is 1. The molecule has 0 spiro atoms. The number of rotatable bonds is 3. The number of carbonyl (C=O) groups is 2. The zero-order valence-electron chi connectivity index (χ0n) is 15.6. The molecule has 6 nitrogen and oxygen atoms in total. The summed E-state index contributed by atoms with van der Waals surface area (Å²) < 4.78 is 68.8. The molecule has 3 rings (SSSR count). The van der Waals surface area contributed by atoms with Gasteiger partial charge < -0.3 is 10.2 Å². The predicted octanol–water partition coefficient (Wildman–Crippen LogP) is 3.35. The van der Waals surface area contributed by atoms with Gasteiger partial charge in [0.1, 0.15) is 17.9 Å². The maximum atomic E-state index is 14.7. The third kappa shape index (κ3) is 3.79. The van der Waals surface area contributed by atoms with Crippen LogP contribution in [0.25, 0.3) is 0 Å². The number of thiocarbonyl (C=S) groups is 1. The molecule has 1 aliphatic heterocycles. The van der Waals surface area contributed by atoms with Gasteiger partial charge >= 0.3 is 6.18 Å².